The zero-order valence-corrected chi connectivity index (χ0v) is 9.84. The number of aliphatic hydroxyl groups is 4. The van der Waals surface area contributed by atoms with Gasteiger partial charge in [-0.1, -0.05) is 0 Å². The van der Waals surface area contributed by atoms with Crippen molar-refractivity contribution in [1.29, 1.82) is 0 Å². The van der Waals surface area contributed by atoms with E-state index in [-0.39, 0.29) is 6.42 Å². The molecule has 0 amide bonds. The average molecular weight is 266 g/mol. The van der Waals surface area contributed by atoms with Gasteiger partial charge in [0.1, 0.15) is 24.4 Å². The molecular weight excluding hydrogens is 248 g/mol. The summed E-state index contributed by atoms with van der Waals surface area (Å²) in [5, 5.41) is 46.1. The van der Waals surface area contributed by atoms with Crippen LogP contribution >= 0.6 is 0 Å². The molecule has 0 spiro atoms. The molecule has 5 N–H and O–H groups in total. The molecule has 8 nitrogen and oxygen atoms in total. The quantitative estimate of drug-likeness (QED) is 0.373. The molecule has 106 valence electrons. The summed E-state index contributed by atoms with van der Waals surface area (Å²) in [6.07, 6.45) is -7.91. The van der Waals surface area contributed by atoms with Gasteiger partial charge in [0.05, 0.1) is 19.1 Å². The van der Waals surface area contributed by atoms with E-state index in [1.807, 2.05) is 0 Å². The minimum absolute atomic E-state index is 0.297. The van der Waals surface area contributed by atoms with Gasteiger partial charge < -0.3 is 35.0 Å². The maximum Gasteiger partial charge on any atom is 0.305 e. The van der Waals surface area contributed by atoms with E-state index in [0.29, 0.717) is 0 Å². The van der Waals surface area contributed by atoms with Gasteiger partial charge in [0, 0.05) is 0 Å². The number of carboxylic acid groups (broad SMARTS) is 1. The maximum absolute atomic E-state index is 10.5. The molecule has 8 heteroatoms. The Labute approximate surface area is 103 Å². The fourth-order valence-electron chi connectivity index (χ4n) is 1.70. The summed E-state index contributed by atoms with van der Waals surface area (Å²) in [5.74, 6) is -1.08. The molecule has 0 aromatic rings. The number of hydrogen-bond donors (Lipinski definition) is 5. The van der Waals surface area contributed by atoms with Crippen molar-refractivity contribution >= 4 is 5.97 Å². The first-order valence-electron chi connectivity index (χ1n) is 5.54. The van der Waals surface area contributed by atoms with Crippen LogP contribution in [0.1, 0.15) is 13.3 Å². The zero-order valence-electron chi connectivity index (χ0n) is 9.84. The number of aliphatic carboxylic acids is 1. The largest absolute Gasteiger partial charge is 0.481 e. The summed E-state index contributed by atoms with van der Waals surface area (Å²) in [6, 6.07) is 0. The number of rotatable bonds is 5. The first-order chi connectivity index (χ1) is 8.36. The lowest BCUT2D eigenvalue weighted by Gasteiger charge is -2.40. The Morgan fingerprint density at radius 3 is 2.39 bits per heavy atom. The lowest BCUT2D eigenvalue weighted by Crippen LogP contribution is -2.59. The van der Waals surface area contributed by atoms with Crippen LogP contribution in [0.3, 0.4) is 0 Å². The average Bonchev–Trinajstić information content (AvgIpc) is 2.29. The second-order valence-electron chi connectivity index (χ2n) is 4.24. The van der Waals surface area contributed by atoms with Crippen LogP contribution in [0, 0.1) is 0 Å². The van der Waals surface area contributed by atoms with Crippen molar-refractivity contribution in [3.63, 3.8) is 0 Å². The van der Waals surface area contributed by atoms with E-state index in [2.05, 4.69) is 0 Å². The molecule has 0 saturated carbocycles. The second-order valence-corrected chi connectivity index (χ2v) is 4.24. The van der Waals surface area contributed by atoms with Crippen LogP contribution in [0.5, 0.6) is 0 Å². The predicted molar refractivity (Wildman–Crippen MR) is 56.6 cm³/mol. The minimum Gasteiger partial charge on any atom is -0.481 e. The first-order valence-corrected chi connectivity index (χ1v) is 5.54. The van der Waals surface area contributed by atoms with Gasteiger partial charge in [-0.15, -0.1) is 0 Å². The molecule has 3 unspecified atom stereocenters. The van der Waals surface area contributed by atoms with E-state index in [9.17, 15) is 20.1 Å². The Morgan fingerprint density at radius 2 is 1.89 bits per heavy atom. The van der Waals surface area contributed by atoms with Gasteiger partial charge in [-0.25, -0.2) is 0 Å². The van der Waals surface area contributed by atoms with Crippen molar-refractivity contribution in [1.82, 2.24) is 0 Å². The van der Waals surface area contributed by atoms with Crippen LogP contribution in [0.25, 0.3) is 0 Å². The highest BCUT2D eigenvalue weighted by atomic mass is 16.7. The van der Waals surface area contributed by atoms with E-state index in [0.717, 1.165) is 0 Å². The number of aliphatic hydroxyl groups excluding tert-OH is 4. The standard InChI is InChI=1S/C10H18O8/c1-4(2-6(12)13)17-10-9(16)8(15)7(14)5(3-11)18-10/h4-5,7-11,14-16H,2-3H2,1H3,(H,12,13)/t4-,5?,7-,8+,9?,10?/m1/s1. The van der Waals surface area contributed by atoms with Gasteiger partial charge in [0.15, 0.2) is 6.29 Å². The number of carboxylic acids is 1. The van der Waals surface area contributed by atoms with Crippen molar-refractivity contribution < 1.29 is 39.8 Å². The molecular formula is C10H18O8. The summed E-state index contributed by atoms with van der Waals surface area (Å²) < 4.78 is 10.2. The first kappa shape index (κ1) is 15.3. The Hall–Kier alpha value is -0.770. The molecule has 1 rings (SSSR count). The molecule has 1 aliphatic rings. The lowest BCUT2D eigenvalue weighted by molar-refractivity contribution is -0.310. The molecule has 0 bridgehead atoms. The van der Waals surface area contributed by atoms with E-state index in [4.69, 9.17) is 19.7 Å². The number of carbonyl (C=O) groups is 1. The maximum atomic E-state index is 10.5. The van der Waals surface area contributed by atoms with Gasteiger partial charge in [0.2, 0.25) is 0 Å². The van der Waals surface area contributed by atoms with Crippen molar-refractivity contribution in [2.45, 2.75) is 50.2 Å². The fourth-order valence-corrected chi connectivity index (χ4v) is 1.70. The Bertz CT molecular complexity index is 281. The summed E-state index contributed by atoms with van der Waals surface area (Å²) in [4.78, 5) is 10.5. The Morgan fingerprint density at radius 1 is 1.28 bits per heavy atom. The number of hydrogen-bond acceptors (Lipinski definition) is 7. The topological polar surface area (TPSA) is 137 Å². The van der Waals surface area contributed by atoms with Crippen LogP contribution in [0.4, 0.5) is 0 Å². The van der Waals surface area contributed by atoms with Crippen molar-refractivity contribution in [3.8, 4) is 0 Å². The Kier molecular flexibility index (Phi) is 5.45. The van der Waals surface area contributed by atoms with Gasteiger partial charge >= 0.3 is 5.97 Å². The highest BCUT2D eigenvalue weighted by molar-refractivity contribution is 5.67. The van der Waals surface area contributed by atoms with Gasteiger partial charge in [-0.05, 0) is 6.92 Å². The zero-order chi connectivity index (χ0) is 13.9. The third-order valence-electron chi connectivity index (χ3n) is 2.68. The molecule has 0 aromatic heterocycles. The molecule has 6 atom stereocenters. The van der Waals surface area contributed by atoms with E-state index >= 15 is 0 Å². The molecule has 0 aliphatic carbocycles. The molecule has 0 radical (unpaired) electrons. The highest BCUT2D eigenvalue weighted by Gasteiger charge is 2.44. The predicted octanol–water partition coefficient (Wildman–Crippen LogP) is -2.33. The van der Waals surface area contributed by atoms with E-state index in [1.165, 1.54) is 6.92 Å². The van der Waals surface area contributed by atoms with E-state index < -0.39 is 49.4 Å². The smallest absolute Gasteiger partial charge is 0.305 e. The summed E-state index contributed by atoms with van der Waals surface area (Å²) in [5.41, 5.74) is 0. The third-order valence-corrected chi connectivity index (χ3v) is 2.68. The van der Waals surface area contributed by atoms with Crippen LogP contribution in [0.2, 0.25) is 0 Å². The molecule has 1 aliphatic heterocycles. The van der Waals surface area contributed by atoms with Crippen molar-refractivity contribution in [2.24, 2.45) is 0 Å². The molecule has 1 fully saturated rings. The van der Waals surface area contributed by atoms with Crippen LogP contribution < -0.4 is 0 Å². The normalized spacial score (nSPS) is 38.4. The highest BCUT2D eigenvalue weighted by Crippen LogP contribution is 2.23. The molecule has 1 saturated heterocycles. The molecule has 18 heavy (non-hydrogen) atoms. The Balaban J connectivity index is 2.61. The summed E-state index contributed by atoms with van der Waals surface area (Å²) in [7, 11) is 0. The minimum atomic E-state index is -1.53. The van der Waals surface area contributed by atoms with Crippen molar-refractivity contribution in [3.05, 3.63) is 0 Å². The van der Waals surface area contributed by atoms with Crippen molar-refractivity contribution in [2.75, 3.05) is 6.61 Å². The lowest BCUT2D eigenvalue weighted by atomic mass is 9.99. The van der Waals surface area contributed by atoms with Gasteiger partial charge in [-0.3, -0.25) is 4.79 Å². The summed E-state index contributed by atoms with van der Waals surface area (Å²) in [6.45, 7) is 0.910. The van der Waals surface area contributed by atoms with Crippen LogP contribution in [-0.4, -0.2) is 74.9 Å². The molecule has 1 heterocycles. The summed E-state index contributed by atoms with van der Waals surface area (Å²) >= 11 is 0. The van der Waals surface area contributed by atoms with Gasteiger partial charge in [0.25, 0.3) is 0 Å². The second kappa shape index (κ2) is 6.41. The number of ether oxygens (including phenoxy) is 2. The van der Waals surface area contributed by atoms with Crippen LogP contribution in [-0.2, 0) is 14.3 Å². The monoisotopic (exact) mass is 266 g/mol. The molecule has 0 aromatic carbocycles. The van der Waals surface area contributed by atoms with Gasteiger partial charge in [-0.2, -0.15) is 0 Å². The van der Waals surface area contributed by atoms with E-state index in [1.54, 1.807) is 0 Å². The third kappa shape index (κ3) is 3.61. The SMILES string of the molecule is C[C@H](CC(=O)O)OC1OC(CO)[C@@H](O)[C@H](O)C1O. The fraction of sp³-hybridized carbons (Fsp3) is 0.900. The van der Waals surface area contributed by atoms with Crippen LogP contribution in [0.15, 0.2) is 0 Å².